The number of benzene rings is 2. The molecule has 0 unspecified atom stereocenters. The van der Waals surface area contributed by atoms with Crippen LogP contribution in [-0.2, 0) is 0 Å². The van der Waals surface area contributed by atoms with Crippen LogP contribution in [0, 0.1) is 17.1 Å². The molecule has 0 saturated heterocycles. The van der Waals surface area contributed by atoms with E-state index in [0.29, 0.717) is 11.3 Å². The number of ether oxygens (including phenoxy) is 1. The van der Waals surface area contributed by atoms with Crippen LogP contribution >= 0.6 is 15.9 Å². The Morgan fingerprint density at radius 3 is 2.76 bits per heavy atom. The summed E-state index contributed by atoms with van der Waals surface area (Å²) in [5.74, 6) is 0.103. The summed E-state index contributed by atoms with van der Waals surface area (Å²) < 4.78 is 19.5. The fraction of sp³-hybridized carbons (Fsp3) is 0. The van der Waals surface area contributed by atoms with Crippen molar-refractivity contribution >= 4 is 15.9 Å². The fourth-order valence-corrected chi connectivity index (χ4v) is 1.65. The van der Waals surface area contributed by atoms with Crippen LogP contribution in [0.15, 0.2) is 46.9 Å². The molecule has 4 heteroatoms. The largest absolute Gasteiger partial charge is 0.454 e. The van der Waals surface area contributed by atoms with Gasteiger partial charge in [0, 0.05) is 4.47 Å². The molecule has 0 radical (unpaired) electrons. The first kappa shape index (κ1) is 11.6. The highest BCUT2D eigenvalue weighted by Crippen LogP contribution is 2.27. The maximum Gasteiger partial charge on any atom is 0.165 e. The van der Waals surface area contributed by atoms with Crippen LogP contribution in [0.5, 0.6) is 11.5 Å². The van der Waals surface area contributed by atoms with E-state index < -0.39 is 5.82 Å². The van der Waals surface area contributed by atoms with E-state index in [1.807, 2.05) is 6.07 Å². The van der Waals surface area contributed by atoms with Crippen LogP contribution in [0.1, 0.15) is 5.56 Å². The van der Waals surface area contributed by atoms with Crippen molar-refractivity contribution in [3.63, 3.8) is 0 Å². The van der Waals surface area contributed by atoms with E-state index in [9.17, 15) is 4.39 Å². The highest BCUT2D eigenvalue weighted by Gasteiger charge is 2.05. The van der Waals surface area contributed by atoms with Crippen LogP contribution < -0.4 is 4.74 Å². The van der Waals surface area contributed by atoms with Gasteiger partial charge in [0.15, 0.2) is 11.6 Å². The van der Waals surface area contributed by atoms with Crippen LogP contribution in [0.2, 0.25) is 0 Å². The van der Waals surface area contributed by atoms with Crippen molar-refractivity contribution in [3.05, 3.63) is 58.3 Å². The maximum absolute atomic E-state index is 13.4. The molecule has 2 nitrogen and oxygen atoms in total. The Kier molecular flexibility index (Phi) is 3.40. The Labute approximate surface area is 106 Å². The number of hydrogen-bond acceptors (Lipinski definition) is 2. The Hall–Kier alpha value is -1.86. The van der Waals surface area contributed by atoms with E-state index in [4.69, 9.17) is 10.00 Å². The average Bonchev–Trinajstić information content (AvgIpc) is 2.34. The van der Waals surface area contributed by atoms with Gasteiger partial charge >= 0.3 is 0 Å². The van der Waals surface area contributed by atoms with Crippen molar-refractivity contribution in [3.8, 4) is 17.6 Å². The summed E-state index contributed by atoms with van der Waals surface area (Å²) in [7, 11) is 0. The summed E-state index contributed by atoms with van der Waals surface area (Å²) in [6, 6.07) is 13.0. The molecule has 0 atom stereocenters. The molecule has 84 valence electrons. The molecule has 0 saturated carbocycles. The number of halogens is 2. The van der Waals surface area contributed by atoms with Crippen LogP contribution in [0.3, 0.4) is 0 Å². The van der Waals surface area contributed by atoms with Gasteiger partial charge in [0.2, 0.25) is 0 Å². The first-order valence-corrected chi connectivity index (χ1v) is 5.61. The van der Waals surface area contributed by atoms with E-state index in [0.717, 1.165) is 4.47 Å². The third-order valence-corrected chi connectivity index (χ3v) is 2.58. The minimum atomic E-state index is -0.449. The second kappa shape index (κ2) is 4.98. The molecule has 2 rings (SSSR count). The van der Waals surface area contributed by atoms with Gasteiger partial charge in [-0.05, 0) is 36.4 Å². The monoisotopic (exact) mass is 291 g/mol. The molecule has 17 heavy (non-hydrogen) atoms. The Morgan fingerprint density at radius 1 is 1.18 bits per heavy atom. The van der Waals surface area contributed by atoms with Crippen LogP contribution in [-0.4, -0.2) is 0 Å². The number of nitrogens with zero attached hydrogens (tertiary/aromatic N) is 1. The van der Waals surface area contributed by atoms with Crippen molar-refractivity contribution in [2.45, 2.75) is 0 Å². The number of hydrogen-bond donors (Lipinski definition) is 0. The molecule has 0 spiro atoms. The molecule has 0 N–H and O–H groups in total. The van der Waals surface area contributed by atoms with E-state index in [1.54, 1.807) is 30.3 Å². The summed E-state index contributed by atoms with van der Waals surface area (Å²) in [5, 5.41) is 8.74. The molecule has 2 aromatic rings. The summed E-state index contributed by atoms with van der Waals surface area (Å²) in [6.07, 6.45) is 0. The smallest absolute Gasteiger partial charge is 0.165 e. The number of nitriles is 1. The fourth-order valence-electron chi connectivity index (χ4n) is 1.31. The van der Waals surface area contributed by atoms with Gasteiger partial charge in [0.25, 0.3) is 0 Å². The predicted molar refractivity (Wildman–Crippen MR) is 65.3 cm³/mol. The molecule has 0 bridgehead atoms. The highest BCUT2D eigenvalue weighted by atomic mass is 79.9. The zero-order valence-electron chi connectivity index (χ0n) is 8.65. The molecular formula is C13H7BrFNO. The maximum atomic E-state index is 13.4. The standard InChI is InChI=1S/C13H7BrFNO/c14-10-4-5-12(15)13(7-10)17-11-3-1-2-9(6-11)8-16/h1-7H. The van der Waals surface area contributed by atoms with Crippen LogP contribution in [0.25, 0.3) is 0 Å². The predicted octanol–water partition coefficient (Wildman–Crippen LogP) is 4.25. The second-order valence-corrected chi connectivity index (χ2v) is 4.23. The first-order chi connectivity index (χ1) is 8.19. The van der Waals surface area contributed by atoms with Gasteiger partial charge in [0.05, 0.1) is 11.6 Å². The van der Waals surface area contributed by atoms with E-state index >= 15 is 0 Å². The lowest BCUT2D eigenvalue weighted by Gasteiger charge is -2.07. The lowest BCUT2D eigenvalue weighted by atomic mass is 10.2. The van der Waals surface area contributed by atoms with Gasteiger partial charge < -0.3 is 4.74 Å². The average molecular weight is 292 g/mol. The molecule has 0 aliphatic heterocycles. The molecule has 0 aliphatic carbocycles. The first-order valence-electron chi connectivity index (χ1n) is 4.82. The van der Waals surface area contributed by atoms with Crippen molar-refractivity contribution < 1.29 is 9.13 Å². The zero-order chi connectivity index (χ0) is 12.3. The number of rotatable bonds is 2. The van der Waals surface area contributed by atoms with Crippen molar-refractivity contribution in [2.24, 2.45) is 0 Å². The van der Waals surface area contributed by atoms with Gasteiger partial charge in [-0.1, -0.05) is 22.0 Å². The normalized spacial score (nSPS) is 9.71. The van der Waals surface area contributed by atoms with Gasteiger partial charge in [-0.25, -0.2) is 4.39 Å². The zero-order valence-corrected chi connectivity index (χ0v) is 10.2. The summed E-state index contributed by atoms with van der Waals surface area (Å²) >= 11 is 3.24. The Bertz CT molecular complexity index is 592. The molecular weight excluding hydrogens is 285 g/mol. The Balaban J connectivity index is 2.31. The lowest BCUT2D eigenvalue weighted by molar-refractivity contribution is 0.442. The highest BCUT2D eigenvalue weighted by molar-refractivity contribution is 9.10. The molecule has 0 fully saturated rings. The van der Waals surface area contributed by atoms with Gasteiger partial charge in [-0.2, -0.15) is 5.26 Å². The van der Waals surface area contributed by atoms with Crippen molar-refractivity contribution in [1.29, 1.82) is 5.26 Å². The summed E-state index contributed by atoms with van der Waals surface area (Å²) in [4.78, 5) is 0. The topological polar surface area (TPSA) is 33.0 Å². The van der Waals surface area contributed by atoms with Gasteiger partial charge in [-0.15, -0.1) is 0 Å². The van der Waals surface area contributed by atoms with Crippen molar-refractivity contribution in [1.82, 2.24) is 0 Å². The molecule has 0 aliphatic rings. The third-order valence-electron chi connectivity index (χ3n) is 2.08. The summed E-state index contributed by atoms with van der Waals surface area (Å²) in [6.45, 7) is 0. The van der Waals surface area contributed by atoms with Gasteiger partial charge in [-0.3, -0.25) is 0 Å². The van der Waals surface area contributed by atoms with E-state index in [2.05, 4.69) is 15.9 Å². The molecule has 0 aromatic heterocycles. The third kappa shape index (κ3) is 2.83. The van der Waals surface area contributed by atoms with E-state index in [1.165, 1.54) is 12.1 Å². The van der Waals surface area contributed by atoms with Crippen molar-refractivity contribution in [2.75, 3.05) is 0 Å². The SMILES string of the molecule is N#Cc1cccc(Oc2cc(Br)ccc2F)c1. The van der Waals surface area contributed by atoms with Crippen LogP contribution in [0.4, 0.5) is 4.39 Å². The molecule has 0 heterocycles. The lowest BCUT2D eigenvalue weighted by Crippen LogP contribution is -1.88. The summed E-state index contributed by atoms with van der Waals surface area (Å²) in [5.41, 5.74) is 0.470. The quantitative estimate of drug-likeness (QED) is 0.828. The van der Waals surface area contributed by atoms with E-state index in [-0.39, 0.29) is 5.75 Å². The second-order valence-electron chi connectivity index (χ2n) is 3.32. The Morgan fingerprint density at radius 2 is 2.00 bits per heavy atom. The minimum Gasteiger partial charge on any atom is -0.454 e. The minimum absolute atomic E-state index is 0.120. The van der Waals surface area contributed by atoms with Gasteiger partial charge in [0.1, 0.15) is 5.75 Å². The molecule has 0 amide bonds. The molecule has 2 aromatic carbocycles.